The van der Waals surface area contributed by atoms with Gasteiger partial charge in [-0.3, -0.25) is 14.7 Å². The number of alkyl halides is 3. The normalized spacial score (nSPS) is 16.3. The molecule has 27 heavy (non-hydrogen) atoms. The Morgan fingerprint density at radius 2 is 1.89 bits per heavy atom. The van der Waals surface area contributed by atoms with Crippen LogP contribution in [0.5, 0.6) is 0 Å². The van der Waals surface area contributed by atoms with Crippen molar-refractivity contribution in [2.75, 3.05) is 19.6 Å². The Morgan fingerprint density at radius 1 is 1.15 bits per heavy atom. The standard InChI is InChI=1S/C20H22F3N3O/c21-20(22,23)17-8-2-1-6-15(17)9-11-25-19(27)18(26-12-3-4-13-26)16-7-5-10-24-14-16/h1-2,5-8,10,14,18H,3-4,9,11-13H2,(H,25,27)/t18-/m1/s1. The van der Waals surface area contributed by atoms with Crippen LogP contribution in [-0.2, 0) is 17.4 Å². The minimum absolute atomic E-state index is 0.126. The summed E-state index contributed by atoms with van der Waals surface area (Å²) in [6.07, 6.45) is 1.11. The monoisotopic (exact) mass is 377 g/mol. The van der Waals surface area contributed by atoms with E-state index in [1.165, 1.54) is 12.1 Å². The van der Waals surface area contributed by atoms with Crippen LogP contribution in [0.25, 0.3) is 0 Å². The molecule has 0 spiro atoms. The number of benzene rings is 1. The summed E-state index contributed by atoms with van der Waals surface area (Å²) in [4.78, 5) is 19.0. The van der Waals surface area contributed by atoms with Crippen molar-refractivity contribution in [1.82, 2.24) is 15.2 Å². The van der Waals surface area contributed by atoms with Gasteiger partial charge in [-0.1, -0.05) is 24.3 Å². The summed E-state index contributed by atoms with van der Waals surface area (Å²) in [5.74, 6) is -0.200. The Morgan fingerprint density at radius 3 is 2.56 bits per heavy atom. The first kappa shape index (κ1) is 19.4. The number of nitrogens with one attached hydrogen (secondary N) is 1. The smallest absolute Gasteiger partial charge is 0.354 e. The van der Waals surface area contributed by atoms with Crippen LogP contribution < -0.4 is 5.32 Å². The van der Waals surface area contributed by atoms with Crippen LogP contribution in [0.2, 0.25) is 0 Å². The highest BCUT2D eigenvalue weighted by molar-refractivity contribution is 5.83. The number of likely N-dealkylation sites (tertiary alicyclic amines) is 1. The molecule has 1 aliphatic heterocycles. The largest absolute Gasteiger partial charge is 0.416 e. The van der Waals surface area contributed by atoms with Crippen LogP contribution in [0.15, 0.2) is 48.8 Å². The Kier molecular flexibility index (Phi) is 6.11. The molecule has 1 fully saturated rings. The summed E-state index contributed by atoms with van der Waals surface area (Å²) in [5, 5.41) is 2.81. The quantitative estimate of drug-likeness (QED) is 0.837. The number of halogens is 3. The zero-order valence-corrected chi connectivity index (χ0v) is 14.9. The molecule has 0 radical (unpaired) electrons. The molecule has 2 heterocycles. The lowest BCUT2D eigenvalue weighted by molar-refractivity contribution is -0.138. The molecular weight excluding hydrogens is 355 g/mol. The van der Waals surface area contributed by atoms with Gasteiger partial charge in [0, 0.05) is 18.9 Å². The van der Waals surface area contributed by atoms with Gasteiger partial charge in [0.25, 0.3) is 0 Å². The lowest BCUT2D eigenvalue weighted by Gasteiger charge is -2.26. The first-order valence-corrected chi connectivity index (χ1v) is 9.03. The van der Waals surface area contributed by atoms with Crippen LogP contribution in [0.1, 0.15) is 35.6 Å². The summed E-state index contributed by atoms with van der Waals surface area (Å²) in [6, 6.07) is 8.65. The van der Waals surface area contributed by atoms with Crippen molar-refractivity contribution in [3.63, 3.8) is 0 Å². The van der Waals surface area contributed by atoms with Crippen LogP contribution in [0, 0.1) is 0 Å². The highest BCUT2D eigenvalue weighted by Gasteiger charge is 2.33. The van der Waals surface area contributed by atoms with E-state index in [2.05, 4.69) is 15.2 Å². The van der Waals surface area contributed by atoms with Gasteiger partial charge < -0.3 is 5.32 Å². The van der Waals surface area contributed by atoms with Gasteiger partial charge in [-0.2, -0.15) is 13.2 Å². The van der Waals surface area contributed by atoms with Crippen molar-refractivity contribution in [1.29, 1.82) is 0 Å². The first-order valence-electron chi connectivity index (χ1n) is 9.03. The highest BCUT2D eigenvalue weighted by Crippen LogP contribution is 2.32. The predicted molar refractivity (Wildman–Crippen MR) is 95.9 cm³/mol. The Balaban J connectivity index is 1.67. The van der Waals surface area contributed by atoms with Crippen LogP contribution in [-0.4, -0.2) is 35.4 Å². The molecule has 1 aromatic carbocycles. The van der Waals surface area contributed by atoms with Gasteiger partial charge in [-0.05, 0) is 55.6 Å². The van der Waals surface area contributed by atoms with Crippen molar-refractivity contribution in [3.8, 4) is 0 Å². The summed E-state index contributed by atoms with van der Waals surface area (Å²) in [6.45, 7) is 1.80. The van der Waals surface area contributed by atoms with Gasteiger partial charge in [0.15, 0.2) is 0 Å². The van der Waals surface area contributed by atoms with E-state index < -0.39 is 17.8 Å². The van der Waals surface area contributed by atoms with Gasteiger partial charge >= 0.3 is 6.18 Å². The molecule has 1 atom stereocenters. The van der Waals surface area contributed by atoms with E-state index in [1.807, 2.05) is 6.07 Å². The summed E-state index contributed by atoms with van der Waals surface area (Å²) in [5.41, 5.74) is 0.333. The number of hydrogen-bond donors (Lipinski definition) is 1. The second-order valence-corrected chi connectivity index (χ2v) is 6.63. The topological polar surface area (TPSA) is 45.2 Å². The molecule has 0 unspecified atom stereocenters. The zero-order valence-electron chi connectivity index (χ0n) is 14.9. The number of hydrogen-bond acceptors (Lipinski definition) is 3. The molecule has 0 bridgehead atoms. The van der Waals surface area contributed by atoms with Crippen molar-refractivity contribution < 1.29 is 18.0 Å². The van der Waals surface area contributed by atoms with E-state index in [-0.39, 0.29) is 24.4 Å². The number of amides is 1. The lowest BCUT2D eigenvalue weighted by Crippen LogP contribution is -2.40. The van der Waals surface area contributed by atoms with Gasteiger partial charge in [-0.25, -0.2) is 0 Å². The highest BCUT2D eigenvalue weighted by atomic mass is 19.4. The fourth-order valence-corrected chi connectivity index (χ4v) is 3.50. The second kappa shape index (κ2) is 8.52. The molecule has 1 saturated heterocycles. The van der Waals surface area contributed by atoms with Crippen LogP contribution >= 0.6 is 0 Å². The van der Waals surface area contributed by atoms with E-state index in [0.717, 1.165) is 37.6 Å². The van der Waals surface area contributed by atoms with E-state index in [1.54, 1.807) is 24.5 Å². The molecular formula is C20H22F3N3O. The van der Waals surface area contributed by atoms with Crippen molar-refractivity contribution >= 4 is 5.91 Å². The predicted octanol–water partition coefficient (Wildman–Crippen LogP) is 3.60. The van der Waals surface area contributed by atoms with Crippen molar-refractivity contribution in [2.24, 2.45) is 0 Å². The maximum Gasteiger partial charge on any atom is 0.416 e. The van der Waals surface area contributed by atoms with Gasteiger partial charge in [0.1, 0.15) is 6.04 Å². The van der Waals surface area contributed by atoms with Gasteiger partial charge in [0.05, 0.1) is 5.56 Å². The average molecular weight is 377 g/mol. The lowest BCUT2D eigenvalue weighted by atomic mass is 10.0. The molecule has 2 aromatic rings. The molecule has 0 aliphatic carbocycles. The van der Waals surface area contributed by atoms with Crippen LogP contribution in [0.3, 0.4) is 0 Å². The molecule has 3 rings (SSSR count). The average Bonchev–Trinajstić information content (AvgIpc) is 3.16. The number of pyridine rings is 1. The van der Waals surface area contributed by atoms with E-state index in [9.17, 15) is 18.0 Å². The SMILES string of the molecule is O=C(NCCc1ccccc1C(F)(F)F)[C@@H](c1cccnc1)N1CCCC1. The summed E-state index contributed by atoms with van der Waals surface area (Å²) in [7, 11) is 0. The number of nitrogens with zero attached hydrogens (tertiary/aromatic N) is 2. The summed E-state index contributed by atoms with van der Waals surface area (Å²) < 4.78 is 39.3. The van der Waals surface area contributed by atoms with Crippen LogP contribution in [0.4, 0.5) is 13.2 Å². The molecule has 7 heteroatoms. The van der Waals surface area contributed by atoms with Gasteiger partial charge in [0.2, 0.25) is 5.91 Å². The Labute approximate surface area is 156 Å². The minimum atomic E-state index is -4.39. The van der Waals surface area contributed by atoms with Gasteiger partial charge in [-0.15, -0.1) is 0 Å². The third kappa shape index (κ3) is 4.86. The number of rotatable bonds is 6. The van der Waals surface area contributed by atoms with Crippen molar-refractivity contribution in [2.45, 2.75) is 31.5 Å². The number of carbonyl (C=O) groups is 1. The fraction of sp³-hybridized carbons (Fsp3) is 0.400. The minimum Gasteiger partial charge on any atom is -0.354 e. The van der Waals surface area contributed by atoms with Crippen molar-refractivity contribution in [3.05, 3.63) is 65.5 Å². The summed E-state index contributed by atoms with van der Waals surface area (Å²) >= 11 is 0. The molecule has 4 nitrogen and oxygen atoms in total. The number of aromatic nitrogens is 1. The van der Waals surface area contributed by atoms with E-state index >= 15 is 0 Å². The first-order chi connectivity index (χ1) is 13.0. The molecule has 1 aromatic heterocycles. The van der Waals surface area contributed by atoms with E-state index in [4.69, 9.17) is 0 Å². The molecule has 1 aliphatic rings. The maximum absolute atomic E-state index is 13.1. The molecule has 144 valence electrons. The molecule has 1 amide bonds. The third-order valence-electron chi connectivity index (χ3n) is 4.77. The zero-order chi connectivity index (χ0) is 19.3. The Bertz CT molecular complexity index is 759. The fourth-order valence-electron chi connectivity index (χ4n) is 3.50. The number of carbonyl (C=O) groups excluding carboxylic acids is 1. The van der Waals surface area contributed by atoms with E-state index in [0.29, 0.717) is 0 Å². The maximum atomic E-state index is 13.1. The molecule has 1 N–H and O–H groups in total. The third-order valence-corrected chi connectivity index (χ3v) is 4.77. The Hall–Kier alpha value is -2.41. The molecule has 0 saturated carbocycles. The second-order valence-electron chi connectivity index (χ2n) is 6.63.